The van der Waals surface area contributed by atoms with E-state index in [-0.39, 0.29) is 13.0 Å². The van der Waals surface area contributed by atoms with Crippen molar-refractivity contribution in [2.24, 2.45) is 0 Å². The van der Waals surface area contributed by atoms with Gasteiger partial charge in [-0.3, -0.25) is 0 Å². The van der Waals surface area contributed by atoms with Gasteiger partial charge in [-0.15, -0.1) is 5.10 Å². The highest BCUT2D eigenvalue weighted by molar-refractivity contribution is 5.18. The number of nitrogens with one attached hydrogen (secondary N) is 1. The Morgan fingerprint density at radius 3 is 2.81 bits per heavy atom. The monoisotopic (exact) mass is 229 g/mol. The Labute approximate surface area is 92.0 Å². The van der Waals surface area contributed by atoms with Gasteiger partial charge in [-0.25, -0.2) is 8.78 Å². The van der Waals surface area contributed by atoms with Gasteiger partial charge in [0.15, 0.2) is 0 Å². The predicted molar refractivity (Wildman–Crippen MR) is 53.8 cm³/mol. The average molecular weight is 229 g/mol. The molecule has 1 unspecified atom stereocenters. The zero-order chi connectivity index (χ0) is 11.6. The quantitative estimate of drug-likeness (QED) is 0.827. The number of hydrogen-bond donors (Lipinski definition) is 1. The molecular weight excluding hydrogens is 216 g/mol. The van der Waals surface area contributed by atoms with E-state index in [1.807, 2.05) is 0 Å². The molecule has 6 heteroatoms. The Morgan fingerprint density at radius 1 is 1.44 bits per heavy atom. The standard InChI is InChI=1S/C10H13F2N3O/c1-16-9-3-2-8(14-15-9)7-6-13-5-4-10(7,11)12/h2-3,7,13H,4-6H2,1H3. The lowest BCUT2D eigenvalue weighted by Crippen LogP contribution is -2.43. The van der Waals surface area contributed by atoms with Crippen molar-refractivity contribution >= 4 is 0 Å². The van der Waals surface area contributed by atoms with E-state index >= 15 is 0 Å². The van der Waals surface area contributed by atoms with Gasteiger partial charge in [0.05, 0.1) is 18.7 Å². The molecule has 1 aliphatic rings. The summed E-state index contributed by atoms with van der Waals surface area (Å²) in [4.78, 5) is 0. The number of nitrogens with zero attached hydrogens (tertiary/aromatic N) is 2. The van der Waals surface area contributed by atoms with Gasteiger partial charge in [-0.05, 0) is 6.07 Å². The van der Waals surface area contributed by atoms with Gasteiger partial charge in [-0.1, -0.05) is 0 Å². The third kappa shape index (κ3) is 2.11. The van der Waals surface area contributed by atoms with Crippen LogP contribution in [-0.4, -0.2) is 36.3 Å². The third-order valence-corrected chi connectivity index (χ3v) is 2.72. The Hall–Kier alpha value is -1.30. The van der Waals surface area contributed by atoms with Crippen LogP contribution in [0.4, 0.5) is 8.78 Å². The fourth-order valence-electron chi connectivity index (χ4n) is 1.77. The minimum Gasteiger partial charge on any atom is -0.480 e. The molecule has 1 saturated heterocycles. The van der Waals surface area contributed by atoms with E-state index < -0.39 is 11.8 Å². The van der Waals surface area contributed by atoms with Crippen LogP contribution in [0.1, 0.15) is 18.0 Å². The maximum atomic E-state index is 13.6. The van der Waals surface area contributed by atoms with E-state index in [0.29, 0.717) is 18.1 Å². The largest absolute Gasteiger partial charge is 0.480 e. The highest BCUT2D eigenvalue weighted by Gasteiger charge is 2.43. The Morgan fingerprint density at radius 2 is 2.25 bits per heavy atom. The molecule has 0 saturated carbocycles. The Balaban J connectivity index is 2.21. The van der Waals surface area contributed by atoms with Crippen LogP contribution < -0.4 is 10.1 Å². The molecule has 88 valence electrons. The van der Waals surface area contributed by atoms with Crippen molar-refractivity contribution < 1.29 is 13.5 Å². The van der Waals surface area contributed by atoms with E-state index in [0.717, 1.165) is 0 Å². The number of alkyl halides is 2. The number of hydrogen-bond acceptors (Lipinski definition) is 4. The van der Waals surface area contributed by atoms with E-state index in [1.54, 1.807) is 6.07 Å². The first-order chi connectivity index (χ1) is 7.63. The van der Waals surface area contributed by atoms with Crippen LogP contribution in [-0.2, 0) is 0 Å². The molecule has 1 N–H and O–H groups in total. The summed E-state index contributed by atoms with van der Waals surface area (Å²) in [5.74, 6) is -3.29. The van der Waals surface area contributed by atoms with Crippen molar-refractivity contribution in [2.75, 3.05) is 20.2 Å². The molecule has 0 radical (unpaired) electrons. The number of halogens is 2. The van der Waals surface area contributed by atoms with Crippen molar-refractivity contribution in [3.63, 3.8) is 0 Å². The second kappa shape index (κ2) is 4.29. The highest BCUT2D eigenvalue weighted by atomic mass is 19.3. The van der Waals surface area contributed by atoms with Gasteiger partial charge in [0.2, 0.25) is 5.88 Å². The first kappa shape index (κ1) is 11.2. The number of ether oxygens (including phenoxy) is 1. The molecule has 1 fully saturated rings. The van der Waals surface area contributed by atoms with Gasteiger partial charge in [0.25, 0.3) is 5.92 Å². The van der Waals surface area contributed by atoms with Crippen molar-refractivity contribution in [1.29, 1.82) is 0 Å². The molecule has 0 aromatic carbocycles. The summed E-state index contributed by atoms with van der Waals surface area (Å²) in [6, 6.07) is 3.09. The van der Waals surface area contributed by atoms with Gasteiger partial charge in [0, 0.05) is 25.6 Å². The predicted octanol–water partition coefficient (Wildman–Crippen LogP) is 1.20. The number of methoxy groups -OCH3 is 1. The molecule has 1 aromatic heterocycles. The van der Waals surface area contributed by atoms with Gasteiger partial charge >= 0.3 is 0 Å². The normalized spacial score (nSPS) is 24.1. The third-order valence-electron chi connectivity index (χ3n) is 2.72. The van der Waals surface area contributed by atoms with E-state index in [2.05, 4.69) is 15.5 Å². The first-order valence-corrected chi connectivity index (χ1v) is 5.09. The van der Waals surface area contributed by atoms with Crippen LogP contribution >= 0.6 is 0 Å². The van der Waals surface area contributed by atoms with Crippen LogP contribution in [0, 0.1) is 0 Å². The van der Waals surface area contributed by atoms with E-state index in [1.165, 1.54) is 13.2 Å². The lowest BCUT2D eigenvalue weighted by molar-refractivity contribution is -0.0493. The van der Waals surface area contributed by atoms with Gasteiger partial charge in [0.1, 0.15) is 0 Å². The zero-order valence-electron chi connectivity index (χ0n) is 8.91. The van der Waals surface area contributed by atoms with Gasteiger partial charge < -0.3 is 10.1 Å². The molecule has 1 aliphatic heterocycles. The Bertz CT molecular complexity index is 356. The van der Waals surface area contributed by atoms with Crippen molar-refractivity contribution in [3.8, 4) is 5.88 Å². The van der Waals surface area contributed by atoms with E-state index in [9.17, 15) is 8.78 Å². The van der Waals surface area contributed by atoms with Crippen molar-refractivity contribution in [2.45, 2.75) is 18.3 Å². The molecule has 0 aliphatic carbocycles. The molecule has 0 amide bonds. The summed E-state index contributed by atoms with van der Waals surface area (Å²) >= 11 is 0. The second-order valence-electron chi connectivity index (χ2n) is 3.77. The average Bonchev–Trinajstić information content (AvgIpc) is 2.29. The molecule has 0 bridgehead atoms. The second-order valence-corrected chi connectivity index (χ2v) is 3.77. The van der Waals surface area contributed by atoms with Crippen molar-refractivity contribution in [3.05, 3.63) is 17.8 Å². The lowest BCUT2D eigenvalue weighted by Gasteiger charge is -2.31. The maximum absolute atomic E-state index is 13.6. The lowest BCUT2D eigenvalue weighted by atomic mass is 9.92. The molecule has 0 spiro atoms. The molecule has 1 aromatic rings. The van der Waals surface area contributed by atoms with Crippen LogP contribution in [0.5, 0.6) is 5.88 Å². The van der Waals surface area contributed by atoms with Crippen LogP contribution in [0.2, 0.25) is 0 Å². The van der Waals surface area contributed by atoms with Gasteiger partial charge in [-0.2, -0.15) is 5.10 Å². The molecule has 2 heterocycles. The molecule has 2 rings (SSSR count). The number of piperidine rings is 1. The zero-order valence-corrected chi connectivity index (χ0v) is 8.91. The van der Waals surface area contributed by atoms with Crippen LogP contribution in [0.3, 0.4) is 0 Å². The fraction of sp³-hybridized carbons (Fsp3) is 0.600. The minimum absolute atomic E-state index is 0.161. The Kier molecular flexibility index (Phi) is 3.00. The number of aromatic nitrogens is 2. The maximum Gasteiger partial charge on any atom is 0.258 e. The summed E-state index contributed by atoms with van der Waals surface area (Å²) in [7, 11) is 1.46. The highest BCUT2D eigenvalue weighted by Crippen LogP contribution is 2.36. The SMILES string of the molecule is COc1ccc(C2CNCCC2(F)F)nn1. The van der Waals surface area contributed by atoms with Crippen LogP contribution in [0.15, 0.2) is 12.1 Å². The molecule has 16 heavy (non-hydrogen) atoms. The molecular formula is C10H13F2N3O. The molecule has 4 nitrogen and oxygen atoms in total. The minimum atomic E-state index is -2.71. The summed E-state index contributed by atoms with van der Waals surface area (Å²) in [6.07, 6.45) is -0.161. The smallest absolute Gasteiger partial charge is 0.258 e. The van der Waals surface area contributed by atoms with E-state index in [4.69, 9.17) is 4.74 Å². The summed E-state index contributed by atoms with van der Waals surface area (Å²) in [6.45, 7) is 0.571. The topological polar surface area (TPSA) is 47.0 Å². The number of rotatable bonds is 2. The molecule has 1 atom stereocenters. The first-order valence-electron chi connectivity index (χ1n) is 5.09. The van der Waals surface area contributed by atoms with Crippen molar-refractivity contribution in [1.82, 2.24) is 15.5 Å². The summed E-state index contributed by atoms with van der Waals surface area (Å²) < 4.78 is 32.0. The fourth-order valence-corrected chi connectivity index (χ4v) is 1.77. The summed E-state index contributed by atoms with van der Waals surface area (Å²) in [5, 5.41) is 10.4. The van der Waals surface area contributed by atoms with Crippen LogP contribution in [0.25, 0.3) is 0 Å². The summed E-state index contributed by atoms with van der Waals surface area (Å²) in [5.41, 5.74) is 0.304.